The minimum absolute atomic E-state index is 0.143. The second-order valence-corrected chi connectivity index (χ2v) is 12.7. The van der Waals surface area contributed by atoms with E-state index in [0.717, 1.165) is 17.2 Å². The predicted octanol–water partition coefficient (Wildman–Crippen LogP) is 10.5. The summed E-state index contributed by atoms with van der Waals surface area (Å²) in [5.74, 6) is -0.884. The summed E-state index contributed by atoms with van der Waals surface area (Å²) >= 11 is 0. The second kappa shape index (κ2) is 10.2. The molecule has 0 bridgehead atoms. The van der Waals surface area contributed by atoms with Gasteiger partial charge in [-0.15, -0.1) is 0 Å². The molecule has 1 N–H and O–H groups in total. The number of hydrogen-bond donors (Lipinski definition) is 1. The highest BCUT2D eigenvalue weighted by Gasteiger charge is 2.36. The molecule has 0 aromatic heterocycles. The average molecular weight is 537 g/mol. The maximum absolute atomic E-state index is 10.6. The molecule has 5 aromatic rings. The van der Waals surface area contributed by atoms with Gasteiger partial charge in [-0.05, 0) is 85.2 Å². The van der Waals surface area contributed by atoms with Crippen LogP contribution in [0.2, 0.25) is 0 Å². The van der Waals surface area contributed by atoms with E-state index in [9.17, 15) is 4.79 Å². The zero-order valence-corrected chi connectivity index (χ0v) is 24.2. The molecule has 5 aromatic carbocycles. The minimum Gasteiger partial charge on any atom is -0.478 e. The average Bonchev–Trinajstić information content (AvgIpc) is 2.96. The van der Waals surface area contributed by atoms with Crippen molar-refractivity contribution < 1.29 is 9.90 Å². The number of benzene rings is 5. The third-order valence-electron chi connectivity index (χ3n) is 8.52. The second-order valence-electron chi connectivity index (χ2n) is 12.7. The quantitative estimate of drug-likeness (QED) is 0.244. The van der Waals surface area contributed by atoms with Gasteiger partial charge in [0.25, 0.3) is 0 Å². The zero-order valence-electron chi connectivity index (χ0n) is 24.2. The van der Waals surface area contributed by atoms with Gasteiger partial charge in [-0.3, -0.25) is 0 Å². The fourth-order valence-electron chi connectivity index (χ4n) is 6.69. The van der Waals surface area contributed by atoms with Crippen LogP contribution in [0.1, 0.15) is 62.0 Å². The van der Waals surface area contributed by atoms with Gasteiger partial charge in [0.1, 0.15) is 0 Å². The Balaban J connectivity index is 0.000000195. The Bertz CT molecular complexity index is 1850. The number of aromatic carboxylic acids is 1. The van der Waals surface area contributed by atoms with Crippen LogP contribution in [0.5, 0.6) is 0 Å². The van der Waals surface area contributed by atoms with E-state index in [1.165, 1.54) is 45.0 Å². The first-order valence-electron chi connectivity index (χ1n) is 14.4. The van der Waals surface area contributed by atoms with E-state index in [1.807, 2.05) is 30.3 Å². The Morgan fingerprint density at radius 1 is 0.683 bits per heavy atom. The summed E-state index contributed by atoms with van der Waals surface area (Å²) in [4.78, 5) is 10.6. The minimum atomic E-state index is -0.884. The molecule has 0 atom stereocenters. The Labute approximate surface area is 242 Å². The van der Waals surface area contributed by atoms with Crippen LogP contribution in [-0.2, 0) is 5.41 Å². The molecule has 0 heterocycles. The molecule has 0 saturated heterocycles. The van der Waals surface area contributed by atoms with Gasteiger partial charge in [0, 0.05) is 0 Å². The molecule has 0 aliphatic heterocycles. The molecule has 0 saturated carbocycles. The molecule has 0 unspecified atom stereocenters. The normalized spacial score (nSPS) is 16.5. The number of hydrogen-bond acceptors (Lipinski definition) is 1. The van der Waals surface area contributed by atoms with E-state index in [1.54, 1.807) is 17.7 Å². The molecule has 2 heteroatoms. The predicted molar refractivity (Wildman–Crippen MR) is 172 cm³/mol. The summed E-state index contributed by atoms with van der Waals surface area (Å²) in [6.45, 7) is 9.55. The van der Waals surface area contributed by atoms with Crippen LogP contribution in [0, 0.1) is 5.41 Å². The highest BCUT2D eigenvalue weighted by molar-refractivity contribution is 6.02. The van der Waals surface area contributed by atoms with E-state index in [-0.39, 0.29) is 10.8 Å². The summed E-state index contributed by atoms with van der Waals surface area (Å²) in [5, 5.41) is 13.5. The first-order chi connectivity index (χ1) is 19.6. The number of carbonyl (C=O) groups is 1. The van der Waals surface area contributed by atoms with Crippen molar-refractivity contribution in [2.75, 3.05) is 0 Å². The molecule has 2 aliphatic rings. The monoisotopic (exact) mass is 536 g/mol. The molecular formula is C39H36O2. The largest absolute Gasteiger partial charge is 0.478 e. The molecule has 0 amide bonds. The molecule has 0 fully saturated rings. The highest BCUT2D eigenvalue weighted by atomic mass is 16.4. The molecule has 0 spiro atoms. The van der Waals surface area contributed by atoms with Gasteiger partial charge in [-0.25, -0.2) is 4.79 Å². The van der Waals surface area contributed by atoms with Gasteiger partial charge in [0.15, 0.2) is 0 Å². The lowest BCUT2D eigenvalue weighted by molar-refractivity contribution is 0.0697. The van der Waals surface area contributed by atoms with Crippen LogP contribution < -0.4 is 0 Å². The van der Waals surface area contributed by atoms with Gasteiger partial charge >= 0.3 is 5.97 Å². The van der Waals surface area contributed by atoms with Crippen LogP contribution in [0.15, 0.2) is 121 Å². The van der Waals surface area contributed by atoms with E-state index < -0.39 is 5.97 Å². The van der Waals surface area contributed by atoms with Crippen molar-refractivity contribution in [2.24, 2.45) is 5.41 Å². The molecule has 7 rings (SSSR count). The molecule has 0 radical (unpaired) electrons. The van der Waals surface area contributed by atoms with Crippen molar-refractivity contribution in [3.63, 3.8) is 0 Å². The molecule has 2 nitrogen and oxygen atoms in total. The van der Waals surface area contributed by atoms with Gasteiger partial charge in [0.05, 0.1) is 5.56 Å². The van der Waals surface area contributed by atoms with Crippen LogP contribution in [0.3, 0.4) is 0 Å². The van der Waals surface area contributed by atoms with Crippen molar-refractivity contribution in [1.29, 1.82) is 0 Å². The third-order valence-corrected chi connectivity index (χ3v) is 8.52. The van der Waals surface area contributed by atoms with Crippen LogP contribution in [-0.4, -0.2) is 11.1 Å². The molecule has 204 valence electrons. The fourth-order valence-corrected chi connectivity index (χ4v) is 6.69. The number of allylic oxidation sites excluding steroid dienone is 4. The molecular weight excluding hydrogens is 500 g/mol. The highest BCUT2D eigenvalue weighted by Crippen LogP contribution is 2.51. The maximum atomic E-state index is 10.6. The van der Waals surface area contributed by atoms with Crippen molar-refractivity contribution in [3.05, 3.63) is 138 Å². The van der Waals surface area contributed by atoms with E-state index in [4.69, 9.17) is 5.11 Å². The van der Waals surface area contributed by atoms with E-state index >= 15 is 0 Å². The van der Waals surface area contributed by atoms with Gasteiger partial charge < -0.3 is 5.11 Å². The lowest BCUT2D eigenvalue weighted by atomic mass is 9.64. The van der Waals surface area contributed by atoms with Gasteiger partial charge in [-0.1, -0.05) is 136 Å². The van der Waals surface area contributed by atoms with Gasteiger partial charge in [0.2, 0.25) is 0 Å². The SMILES string of the molecule is CC1(C)C=CC2=C(C1)CC(C)(C)c1c2ccc2c(-c3ccccc3)cccc12.O=C(O)c1ccc2ccccc2c1. The first-order valence-corrected chi connectivity index (χ1v) is 14.4. The third kappa shape index (κ3) is 5.11. The summed E-state index contributed by atoms with van der Waals surface area (Å²) in [7, 11) is 0. The van der Waals surface area contributed by atoms with E-state index in [2.05, 4.69) is 101 Å². The van der Waals surface area contributed by atoms with Crippen molar-refractivity contribution in [2.45, 2.75) is 46.0 Å². The number of rotatable bonds is 2. The summed E-state index contributed by atoms with van der Waals surface area (Å²) in [5.41, 5.74) is 9.43. The smallest absolute Gasteiger partial charge is 0.335 e. The topological polar surface area (TPSA) is 37.3 Å². The van der Waals surface area contributed by atoms with Crippen molar-refractivity contribution in [1.82, 2.24) is 0 Å². The Morgan fingerprint density at radius 3 is 2.17 bits per heavy atom. The van der Waals surface area contributed by atoms with E-state index in [0.29, 0.717) is 5.56 Å². The van der Waals surface area contributed by atoms with Crippen molar-refractivity contribution >= 4 is 33.1 Å². The van der Waals surface area contributed by atoms with Crippen LogP contribution >= 0.6 is 0 Å². The van der Waals surface area contributed by atoms with Gasteiger partial charge in [-0.2, -0.15) is 0 Å². The number of carboxylic acids is 1. The van der Waals surface area contributed by atoms with Crippen LogP contribution in [0.25, 0.3) is 38.2 Å². The number of carboxylic acid groups (broad SMARTS) is 1. The summed E-state index contributed by atoms with van der Waals surface area (Å²) < 4.78 is 0. The Kier molecular flexibility index (Phi) is 6.66. The lowest BCUT2D eigenvalue weighted by Crippen LogP contribution is -2.27. The first kappa shape index (κ1) is 26.8. The zero-order chi connectivity index (χ0) is 28.8. The van der Waals surface area contributed by atoms with Crippen molar-refractivity contribution in [3.8, 4) is 11.1 Å². The maximum Gasteiger partial charge on any atom is 0.335 e. The standard InChI is InChI=1S/C28H28.C11H8O2/c1-27(2)16-15-22-20(17-27)18-28(3,4)26-24-12-8-11-21(19-9-6-5-7-10-19)23(24)13-14-25(22)26;12-11(13)10-6-5-8-3-1-2-4-9(8)7-10/h5-16H,17-18H2,1-4H3;1-7H,(H,12,13). The Hall–Kier alpha value is -4.43. The summed E-state index contributed by atoms with van der Waals surface area (Å²) in [6, 6.07) is 35.1. The molecule has 41 heavy (non-hydrogen) atoms. The molecule has 2 aliphatic carbocycles. The van der Waals surface area contributed by atoms with Crippen LogP contribution in [0.4, 0.5) is 0 Å². The number of fused-ring (bicyclic) bond motifs is 5. The lowest BCUT2D eigenvalue weighted by Gasteiger charge is -2.40. The fraction of sp³-hybridized carbons (Fsp3) is 0.205. The summed E-state index contributed by atoms with van der Waals surface area (Å²) in [6.07, 6.45) is 7.11. The Morgan fingerprint density at radius 2 is 1.41 bits per heavy atom.